The molecular weight excluding hydrogens is 228 g/mol. The molecule has 0 aliphatic carbocycles. The Bertz CT molecular complexity index is 378. The molecule has 0 aromatic heterocycles. The van der Waals surface area contributed by atoms with Crippen molar-refractivity contribution in [3.8, 4) is 5.75 Å². The third-order valence-electron chi connectivity index (χ3n) is 2.41. The van der Waals surface area contributed by atoms with Crippen molar-refractivity contribution < 1.29 is 9.53 Å². The van der Waals surface area contributed by atoms with E-state index in [4.69, 9.17) is 4.74 Å². The van der Waals surface area contributed by atoms with Crippen molar-refractivity contribution >= 4 is 5.91 Å². The van der Waals surface area contributed by atoms with Gasteiger partial charge in [-0.15, -0.1) is 0 Å². The van der Waals surface area contributed by atoms with Crippen molar-refractivity contribution in [1.82, 2.24) is 10.6 Å². The highest BCUT2D eigenvalue weighted by molar-refractivity contribution is 5.77. The summed E-state index contributed by atoms with van der Waals surface area (Å²) in [6.45, 7) is 7.50. The fourth-order valence-electron chi connectivity index (χ4n) is 1.50. The van der Waals surface area contributed by atoms with Gasteiger partial charge in [0.2, 0.25) is 0 Å². The molecule has 18 heavy (non-hydrogen) atoms. The number of benzene rings is 1. The second-order valence-corrected chi connectivity index (χ2v) is 4.39. The smallest absolute Gasteiger partial charge is 0.257 e. The lowest BCUT2D eigenvalue weighted by Crippen LogP contribution is -2.29. The van der Waals surface area contributed by atoms with Gasteiger partial charge in [-0.1, -0.05) is 32.0 Å². The molecule has 1 amide bonds. The fraction of sp³-hybridized carbons (Fsp3) is 0.500. The Balaban J connectivity index is 2.56. The molecule has 0 saturated heterocycles. The largest absolute Gasteiger partial charge is 0.483 e. The minimum atomic E-state index is -0.0934. The average Bonchev–Trinajstić information content (AvgIpc) is 2.35. The molecule has 4 nitrogen and oxygen atoms in total. The first-order valence-electron chi connectivity index (χ1n) is 6.34. The first-order chi connectivity index (χ1) is 8.63. The molecule has 0 saturated carbocycles. The number of carbonyl (C=O) groups excluding carboxylic acids is 1. The molecule has 0 unspecified atom stereocenters. The Hall–Kier alpha value is -1.55. The zero-order valence-corrected chi connectivity index (χ0v) is 11.3. The highest BCUT2D eigenvalue weighted by Gasteiger charge is 2.06. The van der Waals surface area contributed by atoms with Gasteiger partial charge in [-0.3, -0.25) is 4.79 Å². The van der Waals surface area contributed by atoms with Gasteiger partial charge < -0.3 is 15.4 Å². The summed E-state index contributed by atoms with van der Waals surface area (Å²) >= 11 is 0. The third-order valence-corrected chi connectivity index (χ3v) is 2.41. The van der Waals surface area contributed by atoms with E-state index in [0.29, 0.717) is 12.6 Å². The van der Waals surface area contributed by atoms with Crippen LogP contribution in [-0.4, -0.2) is 25.1 Å². The molecular formula is C14H22N2O2. The lowest BCUT2D eigenvalue weighted by molar-refractivity contribution is -0.122. The summed E-state index contributed by atoms with van der Waals surface area (Å²) in [7, 11) is 0. The number of ether oxygens (including phenoxy) is 1. The molecule has 0 radical (unpaired) electrons. The molecule has 0 spiro atoms. The van der Waals surface area contributed by atoms with Crippen LogP contribution in [0.1, 0.15) is 26.3 Å². The van der Waals surface area contributed by atoms with Crippen LogP contribution in [0.25, 0.3) is 0 Å². The molecule has 0 aliphatic heterocycles. The molecule has 0 heterocycles. The number of hydrogen-bond donors (Lipinski definition) is 2. The van der Waals surface area contributed by atoms with Crippen LogP contribution in [0.2, 0.25) is 0 Å². The van der Waals surface area contributed by atoms with Gasteiger partial charge in [0.1, 0.15) is 5.75 Å². The van der Waals surface area contributed by atoms with E-state index in [9.17, 15) is 4.79 Å². The van der Waals surface area contributed by atoms with E-state index in [2.05, 4.69) is 24.5 Å². The van der Waals surface area contributed by atoms with Gasteiger partial charge in [0.05, 0.1) is 0 Å². The van der Waals surface area contributed by atoms with Crippen molar-refractivity contribution in [3.05, 3.63) is 29.8 Å². The minimum Gasteiger partial charge on any atom is -0.483 e. The van der Waals surface area contributed by atoms with E-state index in [-0.39, 0.29) is 12.5 Å². The van der Waals surface area contributed by atoms with E-state index < -0.39 is 0 Å². The van der Waals surface area contributed by atoms with E-state index in [0.717, 1.165) is 17.9 Å². The van der Waals surface area contributed by atoms with Gasteiger partial charge in [-0.2, -0.15) is 0 Å². The van der Waals surface area contributed by atoms with Gasteiger partial charge in [-0.05, 0) is 13.0 Å². The Kier molecular flexibility index (Phi) is 6.22. The fourth-order valence-corrected chi connectivity index (χ4v) is 1.50. The van der Waals surface area contributed by atoms with Gasteiger partial charge in [0, 0.05) is 24.7 Å². The molecule has 0 fully saturated rings. The number of carbonyl (C=O) groups is 1. The van der Waals surface area contributed by atoms with Crippen molar-refractivity contribution in [2.75, 3.05) is 13.2 Å². The number of hydrogen-bond acceptors (Lipinski definition) is 3. The maximum Gasteiger partial charge on any atom is 0.257 e. The number of para-hydroxylation sites is 1. The van der Waals surface area contributed by atoms with E-state index in [1.165, 1.54) is 0 Å². The Morgan fingerprint density at radius 3 is 2.72 bits per heavy atom. The van der Waals surface area contributed by atoms with Crippen molar-refractivity contribution in [1.29, 1.82) is 0 Å². The number of rotatable bonds is 7. The predicted octanol–water partition coefficient (Wildman–Crippen LogP) is 1.70. The van der Waals surface area contributed by atoms with Crippen LogP contribution in [0.3, 0.4) is 0 Å². The summed E-state index contributed by atoms with van der Waals surface area (Å²) < 4.78 is 5.53. The van der Waals surface area contributed by atoms with E-state index in [1.807, 2.05) is 31.2 Å². The number of likely N-dealkylation sites (N-methyl/N-ethyl adjacent to an activating group) is 1. The number of nitrogens with one attached hydrogen (secondary N) is 2. The van der Waals surface area contributed by atoms with Crippen LogP contribution in [0.4, 0.5) is 0 Å². The molecule has 0 aliphatic rings. The van der Waals surface area contributed by atoms with Crippen LogP contribution in [-0.2, 0) is 11.3 Å². The molecule has 100 valence electrons. The molecule has 1 rings (SSSR count). The van der Waals surface area contributed by atoms with Gasteiger partial charge in [0.15, 0.2) is 6.61 Å². The molecule has 1 aromatic carbocycles. The first kappa shape index (κ1) is 14.5. The van der Waals surface area contributed by atoms with Crippen LogP contribution < -0.4 is 15.4 Å². The SMILES string of the molecule is CCNC(=O)COc1ccccc1CNC(C)C. The predicted molar refractivity (Wildman–Crippen MR) is 72.6 cm³/mol. The van der Waals surface area contributed by atoms with Crippen molar-refractivity contribution in [3.63, 3.8) is 0 Å². The third kappa shape index (κ3) is 5.19. The summed E-state index contributed by atoms with van der Waals surface area (Å²) in [6, 6.07) is 8.18. The van der Waals surface area contributed by atoms with Crippen LogP contribution in [0.5, 0.6) is 5.75 Å². The summed E-state index contributed by atoms with van der Waals surface area (Å²) in [5.41, 5.74) is 1.07. The highest BCUT2D eigenvalue weighted by Crippen LogP contribution is 2.17. The molecule has 1 aromatic rings. The van der Waals surface area contributed by atoms with Gasteiger partial charge in [0.25, 0.3) is 5.91 Å². The topological polar surface area (TPSA) is 50.4 Å². The second-order valence-electron chi connectivity index (χ2n) is 4.39. The summed E-state index contributed by atoms with van der Waals surface area (Å²) in [4.78, 5) is 11.3. The van der Waals surface area contributed by atoms with Crippen LogP contribution in [0, 0.1) is 0 Å². The summed E-state index contributed by atoms with van der Waals surface area (Å²) in [5.74, 6) is 0.668. The lowest BCUT2D eigenvalue weighted by atomic mass is 10.2. The molecule has 0 atom stereocenters. The Morgan fingerprint density at radius 2 is 2.06 bits per heavy atom. The van der Waals surface area contributed by atoms with Crippen LogP contribution >= 0.6 is 0 Å². The average molecular weight is 250 g/mol. The minimum absolute atomic E-state index is 0.0620. The zero-order valence-electron chi connectivity index (χ0n) is 11.3. The second kappa shape index (κ2) is 7.71. The van der Waals surface area contributed by atoms with E-state index in [1.54, 1.807) is 0 Å². The zero-order chi connectivity index (χ0) is 13.4. The van der Waals surface area contributed by atoms with Crippen molar-refractivity contribution in [2.24, 2.45) is 0 Å². The standard InChI is InChI=1S/C14H22N2O2/c1-4-15-14(17)10-18-13-8-6-5-7-12(13)9-16-11(2)3/h5-8,11,16H,4,9-10H2,1-3H3,(H,15,17). The molecule has 4 heteroatoms. The normalized spacial score (nSPS) is 10.4. The molecule has 0 bridgehead atoms. The van der Waals surface area contributed by atoms with Crippen molar-refractivity contribution in [2.45, 2.75) is 33.4 Å². The first-order valence-corrected chi connectivity index (χ1v) is 6.34. The maximum absolute atomic E-state index is 11.3. The lowest BCUT2D eigenvalue weighted by Gasteiger charge is -2.13. The van der Waals surface area contributed by atoms with E-state index >= 15 is 0 Å². The number of amides is 1. The molecule has 2 N–H and O–H groups in total. The van der Waals surface area contributed by atoms with Gasteiger partial charge in [-0.25, -0.2) is 0 Å². The quantitative estimate of drug-likeness (QED) is 0.774. The van der Waals surface area contributed by atoms with Crippen LogP contribution in [0.15, 0.2) is 24.3 Å². The Labute approximate surface area is 109 Å². The Morgan fingerprint density at radius 1 is 1.33 bits per heavy atom. The summed E-state index contributed by atoms with van der Waals surface area (Å²) in [6.07, 6.45) is 0. The maximum atomic E-state index is 11.3. The highest BCUT2D eigenvalue weighted by atomic mass is 16.5. The van der Waals surface area contributed by atoms with Gasteiger partial charge >= 0.3 is 0 Å². The summed E-state index contributed by atoms with van der Waals surface area (Å²) in [5, 5.41) is 6.04. The monoisotopic (exact) mass is 250 g/mol.